The lowest BCUT2D eigenvalue weighted by Crippen LogP contribution is -2.48. The number of nitrogen functional groups attached to an aromatic ring is 1. The van der Waals surface area contributed by atoms with Gasteiger partial charge in [0.2, 0.25) is 5.78 Å². The number of nitrogens with two attached hydrogens (primary N) is 1. The Morgan fingerprint density at radius 3 is 2.27 bits per heavy atom. The maximum absolute atomic E-state index is 14.0. The molecule has 0 bridgehead atoms. The lowest BCUT2D eigenvalue weighted by molar-refractivity contribution is 0.0919. The zero-order valence-corrected chi connectivity index (χ0v) is 19.5. The Labute approximate surface area is 194 Å². The Bertz CT molecular complexity index is 1160. The Morgan fingerprint density at radius 2 is 1.70 bits per heavy atom. The third kappa shape index (κ3) is 5.52. The largest absolute Gasteiger partial charge is 0.382 e. The molecular weight excluding hydrogens is 448 g/mol. The second-order valence-corrected chi connectivity index (χ2v) is 9.25. The van der Waals surface area contributed by atoms with E-state index in [0.717, 1.165) is 23.5 Å². The van der Waals surface area contributed by atoms with Gasteiger partial charge in [-0.25, -0.2) is 13.8 Å². The highest BCUT2D eigenvalue weighted by atomic mass is 32.1. The molecule has 1 aromatic heterocycles. The third-order valence-corrected chi connectivity index (χ3v) is 6.33. The maximum atomic E-state index is 14.0. The predicted molar refractivity (Wildman–Crippen MR) is 126 cm³/mol. The highest BCUT2D eigenvalue weighted by Crippen LogP contribution is 2.31. The lowest BCUT2D eigenvalue weighted by atomic mass is 10.0. The van der Waals surface area contributed by atoms with E-state index in [1.54, 1.807) is 24.3 Å². The van der Waals surface area contributed by atoms with Gasteiger partial charge in [0, 0.05) is 23.3 Å². The van der Waals surface area contributed by atoms with Gasteiger partial charge >= 0.3 is 0 Å². The number of rotatable bonds is 8. The number of anilines is 3. The normalized spacial score (nSPS) is 11.5. The number of aromatic nitrogens is 1. The molecule has 3 aromatic rings. The number of ketones is 1. The van der Waals surface area contributed by atoms with Crippen LogP contribution in [0.1, 0.15) is 39.4 Å². The molecule has 0 atom stereocenters. The van der Waals surface area contributed by atoms with E-state index in [1.165, 1.54) is 6.07 Å². The first kappa shape index (κ1) is 24.3. The van der Waals surface area contributed by atoms with E-state index < -0.39 is 23.0 Å². The van der Waals surface area contributed by atoms with Gasteiger partial charge in [-0.15, -0.1) is 0 Å². The van der Waals surface area contributed by atoms with Crippen LogP contribution in [-0.2, 0) is 0 Å². The van der Waals surface area contributed by atoms with Gasteiger partial charge in [-0.1, -0.05) is 17.4 Å². The number of thiazole rings is 1. The molecule has 0 saturated carbocycles. The number of nitrogens with zero attached hydrogens (tertiary/aromatic N) is 2. The second kappa shape index (κ2) is 9.63. The predicted octanol–water partition coefficient (Wildman–Crippen LogP) is 4.05. The van der Waals surface area contributed by atoms with Crippen molar-refractivity contribution in [2.75, 3.05) is 31.7 Å². The standard InChI is InChI=1S/C23H25F2N5O2S/c1-23(2,30(3)4)12-27-21(32)13-8-10-14(11-9-13)28-22-29-20(26)19(33-22)18(31)17-15(24)6-5-7-16(17)25/h5-11H,12,26H2,1-4H3,(H,27,32)(H,28,29). The van der Waals surface area contributed by atoms with Crippen molar-refractivity contribution in [1.29, 1.82) is 0 Å². The molecule has 174 valence electrons. The molecule has 0 radical (unpaired) electrons. The van der Waals surface area contributed by atoms with Gasteiger partial charge in [0.25, 0.3) is 5.91 Å². The first-order valence-corrected chi connectivity index (χ1v) is 10.9. The van der Waals surface area contributed by atoms with E-state index in [4.69, 9.17) is 5.73 Å². The fraction of sp³-hybridized carbons (Fsp3) is 0.261. The van der Waals surface area contributed by atoms with Crippen molar-refractivity contribution < 1.29 is 18.4 Å². The molecule has 0 unspecified atom stereocenters. The van der Waals surface area contributed by atoms with Gasteiger partial charge in [0.15, 0.2) is 5.13 Å². The quantitative estimate of drug-likeness (QED) is 0.427. The van der Waals surface area contributed by atoms with Crippen molar-refractivity contribution in [3.8, 4) is 0 Å². The summed E-state index contributed by atoms with van der Waals surface area (Å²) in [6.45, 7) is 4.54. The monoisotopic (exact) mass is 473 g/mol. The fourth-order valence-electron chi connectivity index (χ4n) is 2.76. The van der Waals surface area contributed by atoms with Crippen molar-refractivity contribution in [1.82, 2.24) is 15.2 Å². The molecule has 0 aliphatic rings. The Morgan fingerprint density at radius 1 is 1.09 bits per heavy atom. The van der Waals surface area contributed by atoms with Crippen molar-refractivity contribution in [3.63, 3.8) is 0 Å². The molecule has 4 N–H and O–H groups in total. The molecule has 1 heterocycles. The lowest BCUT2D eigenvalue weighted by Gasteiger charge is -2.32. The first-order valence-electron chi connectivity index (χ1n) is 10.1. The van der Waals surface area contributed by atoms with Gasteiger partial charge in [-0.2, -0.15) is 0 Å². The molecule has 7 nitrogen and oxygen atoms in total. The van der Waals surface area contributed by atoms with Crippen LogP contribution in [0.15, 0.2) is 42.5 Å². The topological polar surface area (TPSA) is 100 Å². The molecular formula is C23H25F2N5O2S. The van der Waals surface area contributed by atoms with Crippen LogP contribution in [0.3, 0.4) is 0 Å². The summed E-state index contributed by atoms with van der Waals surface area (Å²) in [5.41, 5.74) is 6.05. The number of hydrogen-bond acceptors (Lipinski definition) is 7. The van der Waals surface area contributed by atoms with Crippen LogP contribution in [-0.4, -0.2) is 47.8 Å². The Balaban J connectivity index is 1.70. The van der Waals surface area contributed by atoms with Crippen LogP contribution in [0, 0.1) is 11.6 Å². The average molecular weight is 474 g/mol. The molecule has 10 heteroatoms. The van der Waals surface area contributed by atoms with Crippen LogP contribution in [0.5, 0.6) is 0 Å². The van der Waals surface area contributed by atoms with Gasteiger partial charge in [-0.3, -0.25) is 9.59 Å². The van der Waals surface area contributed by atoms with Crippen LogP contribution in [0.4, 0.5) is 25.4 Å². The highest BCUT2D eigenvalue weighted by molar-refractivity contribution is 7.18. The number of nitrogens with one attached hydrogen (secondary N) is 2. The summed E-state index contributed by atoms with van der Waals surface area (Å²) in [6, 6.07) is 9.86. The number of carbonyl (C=O) groups is 2. The van der Waals surface area contributed by atoms with E-state index >= 15 is 0 Å². The second-order valence-electron chi connectivity index (χ2n) is 8.25. The first-order chi connectivity index (χ1) is 15.5. The Hall–Kier alpha value is -3.37. The van der Waals surface area contributed by atoms with Crippen molar-refractivity contribution >= 4 is 39.7 Å². The van der Waals surface area contributed by atoms with Crippen molar-refractivity contribution in [2.45, 2.75) is 19.4 Å². The number of benzene rings is 2. The molecule has 0 fully saturated rings. The number of halogens is 2. The summed E-state index contributed by atoms with van der Waals surface area (Å²) in [4.78, 5) is 31.1. The zero-order valence-electron chi connectivity index (χ0n) is 18.7. The molecule has 0 aliphatic heterocycles. The maximum Gasteiger partial charge on any atom is 0.251 e. The summed E-state index contributed by atoms with van der Waals surface area (Å²) >= 11 is 0.885. The van der Waals surface area contributed by atoms with E-state index in [1.807, 2.05) is 32.8 Å². The fourth-order valence-corrected chi connectivity index (χ4v) is 3.61. The molecule has 0 saturated heterocycles. The minimum absolute atomic E-state index is 0.0685. The molecule has 0 aliphatic carbocycles. The van der Waals surface area contributed by atoms with Crippen molar-refractivity contribution in [3.05, 3.63) is 70.1 Å². The van der Waals surface area contributed by atoms with Gasteiger partial charge in [0.1, 0.15) is 22.3 Å². The third-order valence-electron chi connectivity index (χ3n) is 5.34. The number of hydrogen-bond donors (Lipinski definition) is 3. The van der Waals surface area contributed by atoms with Crippen molar-refractivity contribution in [2.24, 2.45) is 0 Å². The molecule has 1 amide bonds. The molecule has 0 spiro atoms. The minimum atomic E-state index is -0.967. The van der Waals surface area contributed by atoms with Crippen LogP contribution < -0.4 is 16.4 Å². The number of likely N-dealkylation sites (N-methyl/N-ethyl adjacent to an activating group) is 1. The smallest absolute Gasteiger partial charge is 0.251 e. The molecule has 2 aromatic carbocycles. The van der Waals surface area contributed by atoms with E-state index in [0.29, 0.717) is 17.8 Å². The number of amides is 1. The van der Waals surface area contributed by atoms with Crippen LogP contribution in [0.25, 0.3) is 0 Å². The summed E-state index contributed by atoms with van der Waals surface area (Å²) in [7, 11) is 3.90. The summed E-state index contributed by atoms with van der Waals surface area (Å²) in [5, 5.41) is 6.17. The number of carbonyl (C=O) groups excluding carboxylic acids is 2. The molecule has 33 heavy (non-hydrogen) atoms. The van der Waals surface area contributed by atoms with Gasteiger partial charge in [-0.05, 0) is 64.3 Å². The van der Waals surface area contributed by atoms with Gasteiger partial charge < -0.3 is 21.3 Å². The van der Waals surface area contributed by atoms with Gasteiger partial charge in [0.05, 0.1) is 5.56 Å². The van der Waals surface area contributed by atoms with E-state index in [2.05, 4.69) is 15.6 Å². The summed E-state index contributed by atoms with van der Waals surface area (Å²) in [5.74, 6) is -3.14. The Kier molecular flexibility index (Phi) is 7.09. The van der Waals surface area contributed by atoms with Crippen LogP contribution in [0.2, 0.25) is 0 Å². The zero-order chi connectivity index (χ0) is 24.3. The van der Waals surface area contributed by atoms with E-state index in [-0.39, 0.29) is 27.3 Å². The molecule has 3 rings (SSSR count). The average Bonchev–Trinajstić information content (AvgIpc) is 3.12. The van der Waals surface area contributed by atoms with E-state index in [9.17, 15) is 18.4 Å². The SMILES string of the molecule is CN(C)C(C)(C)CNC(=O)c1ccc(Nc2nc(N)c(C(=O)c3c(F)cccc3F)s2)cc1. The summed E-state index contributed by atoms with van der Waals surface area (Å²) < 4.78 is 27.9. The van der Waals surface area contributed by atoms with Crippen LogP contribution >= 0.6 is 11.3 Å². The highest BCUT2D eigenvalue weighted by Gasteiger charge is 2.24. The summed E-state index contributed by atoms with van der Waals surface area (Å²) in [6.07, 6.45) is 0. The minimum Gasteiger partial charge on any atom is -0.382 e.